The van der Waals surface area contributed by atoms with Crippen LogP contribution in [0.1, 0.15) is 25.7 Å². The first-order valence-corrected chi connectivity index (χ1v) is 7.30. The van der Waals surface area contributed by atoms with Gasteiger partial charge in [0.25, 0.3) is 0 Å². The first-order valence-electron chi connectivity index (χ1n) is 5.69. The van der Waals surface area contributed by atoms with Crippen LogP contribution in [0.15, 0.2) is 28.7 Å². The van der Waals surface area contributed by atoms with E-state index < -0.39 is 5.97 Å². The molecular formula is C14H13BrO3S. The minimum absolute atomic E-state index is 0.351. The highest BCUT2D eigenvalue weighted by Gasteiger charge is 2.11. The number of aryl methyl sites for hydroxylation is 2. The number of thiophene rings is 1. The van der Waals surface area contributed by atoms with Gasteiger partial charge in [0.15, 0.2) is 0 Å². The number of hydrogen-bond donors (Lipinski definition) is 1. The Bertz CT molecular complexity index is 619. The number of halogens is 1. The highest BCUT2D eigenvalue weighted by atomic mass is 79.9. The summed E-state index contributed by atoms with van der Waals surface area (Å²) in [4.78, 5) is 12.2. The second kappa shape index (κ2) is 5.75. The number of benzene rings is 1. The van der Waals surface area contributed by atoms with Crippen LogP contribution in [0, 0.1) is 13.8 Å². The van der Waals surface area contributed by atoms with Crippen molar-refractivity contribution in [1.82, 2.24) is 0 Å². The molecule has 0 unspecified atom stereocenters. The molecular weight excluding hydrogens is 328 g/mol. The summed E-state index contributed by atoms with van der Waals surface area (Å²) in [6.45, 7) is 4.27. The summed E-state index contributed by atoms with van der Waals surface area (Å²) < 4.78 is 6.76. The van der Waals surface area contributed by atoms with E-state index in [1.54, 1.807) is 6.07 Å². The second-order valence-electron chi connectivity index (χ2n) is 4.20. The zero-order valence-corrected chi connectivity index (χ0v) is 13.0. The number of carbonyl (C=O) groups is 1. The van der Waals surface area contributed by atoms with Gasteiger partial charge in [-0.25, -0.2) is 4.79 Å². The molecule has 0 atom stereocenters. The van der Waals surface area contributed by atoms with Crippen LogP contribution in [0.5, 0.6) is 5.75 Å². The molecule has 0 spiro atoms. The third-order valence-electron chi connectivity index (χ3n) is 2.75. The first kappa shape index (κ1) is 14.1. The van der Waals surface area contributed by atoms with E-state index in [0.29, 0.717) is 11.5 Å². The summed E-state index contributed by atoms with van der Waals surface area (Å²) in [5, 5.41) is 8.95. The Morgan fingerprint density at radius 1 is 1.37 bits per heavy atom. The summed E-state index contributed by atoms with van der Waals surface area (Å²) in [6.07, 6.45) is 0. The van der Waals surface area contributed by atoms with Crippen molar-refractivity contribution in [2.24, 2.45) is 0 Å². The molecule has 3 nitrogen and oxygen atoms in total. The third kappa shape index (κ3) is 3.36. The Labute approximate surface area is 124 Å². The minimum atomic E-state index is -0.890. The van der Waals surface area contributed by atoms with E-state index in [1.807, 2.05) is 32.0 Å². The van der Waals surface area contributed by atoms with Gasteiger partial charge < -0.3 is 9.84 Å². The molecule has 0 radical (unpaired) electrons. The lowest BCUT2D eigenvalue weighted by Crippen LogP contribution is -1.97. The van der Waals surface area contributed by atoms with E-state index in [4.69, 9.17) is 9.84 Å². The van der Waals surface area contributed by atoms with E-state index in [0.717, 1.165) is 26.2 Å². The van der Waals surface area contributed by atoms with Crippen molar-refractivity contribution in [3.63, 3.8) is 0 Å². The topological polar surface area (TPSA) is 46.5 Å². The Hall–Kier alpha value is -1.33. The van der Waals surface area contributed by atoms with Gasteiger partial charge in [0.05, 0.1) is 0 Å². The summed E-state index contributed by atoms with van der Waals surface area (Å²) in [6, 6.07) is 7.49. The maximum absolute atomic E-state index is 10.9. The van der Waals surface area contributed by atoms with Crippen LogP contribution < -0.4 is 4.74 Å². The minimum Gasteiger partial charge on any atom is -0.489 e. The second-order valence-corrected chi connectivity index (χ2v) is 6.37. The van der Waals surface area contributed by atoms with Gasteiger partial charge in [0, 0.05) is 14.9 Å². The van der Waals surface area contributed by atoms with Crippen molar-refractivity contribution < 1.29 is 14.6 Å². The number of carboxylic acids is 1. The lowest BCUT2D eigenvalue weighted by Gasteiger charge is -2.09. The fraction of sp³-hybridized carbons (Fsp3) is 0.214. The molecule has 2 rings (SSSR count). The third-order valence-corrected chi connectivity index (χ3v) is 4.33. The molecule has 1 aromatic carbocycles. The predicted molar refractivity (Wildman–Crippen MR) is 79.2 cm³/mol. The highest BCUT2D eigenvalue weighted by Crippen LogP contribution is 2.26. The maximum atomic E-state index is 10.9. The molecule has 1 N–H and O–H groups in total. The molecule has 0 saturated heterocycles. The normalized spacial score (nSPS) is 10.5. The van der Waals surface area contributed by atoms with Crippen LogP contribution in [-0.4, -0.2) is 11.1 Å². The standard InChI is InChI=1S/C14H13BrO3S/c1-8-5-11(15)3-4-12(8)18-7-10-6-13(14(16)17)19-9(10)2/h3-6H,7H2,1-2H3,(H,16,17). The van der Waals surface area contributed by atoms with Crippen molar-refractivity contribution in [3.05, 3.63) is 49.6 Å². The molecule has 0 fully saturated rings. The van der Waals surface area contributed by atoms with Gasteiger partial charge >= 0.3 is 5.97 Å². The lowest BCUT2D eigenvalue weighted by molar-refractivity contribution is 0.0702. The van der Waals surface area contributed by atoms with Crippen LogP contribution >= 0.6 is 27.3 Å². The van der Waals surface area contributed by atoms with Crippen molar-refractivity contribution in [3.8, 4) is 5.75 Å². The molecule has 0 aliphatic heterocycles. The molecule has 0 aliphatic rings. The zero-order valence-electron chi connectivity index (χ0n) is 10.6. The van der Waals surface area contributed by atoms with E-state index >= 15 is 0 Å². The largest absolute Gasteiger partial charge is 0.489 e. The quantitative estimate of drug-likeness (QED) is 0.896. The van der Waals surface area contributed by atoms with Crippen LogP contribution in [0.2, 0.25) is 0 Å². The van der Waals surface area contributed by atoms with Gasteiger partial charge in [0.1, 0.15) is 17.2 Å². The van der Waals surface area contributed by atoms with E-state index in [-0.39, 0.29) is 0 Å². The Kier molecular flexibility index (Phi) is 4.27. The molecule has 0 bridgehead atoms. The number of ether oxygens (including phenoxy) is 1. The summed E-state index contributed by atoms with van der Waals surface area (Å²) in [5.74, 6) is -0.0788. The fourth-order valence-electron chi connectivity index (χ4n) is 1.70. The molecule has 19 heavy (non-hydrogen) atoms. The van der Waals surface area contributed by atoms with Gasteiger partial charge in [-0.2, -0.15) is 0 Å². The van der Waals surface area contributed by atoms with Crippen LogP contribution in [0.4, 0.5) is 0 Å². The number of carboxylic acid groups (broad SMARTS) is 1. The zero-order chi connectivity index (χ0) is 14.0. The molecule has 0 saturated carbocycles. The van der Waals surface area contributed by atoms with Crippen molar-refractivity contribution in [2.45, 2.75) is 20.5 Å². The van der Waals surface area contributed by atoms with Gasteiger partial charge in [-0.3, -0.25) is 0 Å². The van der Waals surface area contributed by atoms with Crippen molar-refractivity contribution in [1.29, 1.82) is 0 Å². The summed E-state index contributed by atoms with van der Waals surface area (Å²) in [7, 11) is 0. The Morgan fingerprint density at radius 3 is 2.68 bits per heavy atom. The van der Waals surface area contributed by atoms with Crippen molar-refractivity contribution in [2.75, 3.05) is 0 Å². The van der Waals surface area contributed by atoms with Gasteiger partial charge in [-0.05, 0) is 43.7 Å². The number of aromatic carboxylic acids is 1. The smallest absolute Gasteiger partial charge is 0.345 e. The molecule has 0 aliphatic carbocycles. The molecule has 1 aromatic heterocycles. The summed E-state index contributed by atoms with van der Waals surface area (Å²) >= 11 is 4.68. The Balaban J connectivity index is 2.12. The van der Waals surface area contributed by atoms with E-state index in [9.17, 15) is 4.79 Å². The van der Waals surface area contributed by atoms with Gasteiger partial charge in [-0.1, -0.05) is 15.9 Å². The van der Waals surface area contributed by atoms with Gasteiger partial charge in [0.2, 0.25) is 0 Å². The van der Waals surface area contributed by atoms with Gasteiger partial charge in [-0.15, -0.1) is 11.3 Å². The lowest BCUT2D eigenvalue weighted by atomic mass is 10.2. The first-order chi connectivity index (χ1) is 8.97. The highest BCUT2D eigenvalue weighted by molar-refractivity contribution is 9.10. The molecule has 100 valence electrons. The average Bonchev–Trinajstić information content (AvgIpc) is 2.70. The van der Waals surface area contributed by atoms with E-state index in [2.05, 4.69) is 15.9 Å². The average molecular weight is 341 g/mol. The predicted octanol–water partition coefficient (Wildman–Crippen LogP) is 4.40. The monoisotopic (exact) mass is 340 g/mol. The van der Waals surface area contributed by atoms with Crippen LogP contribution in [0.25, 0.3) is 0 Å². The van der Waals surface area contributed by atoms with Crippen LogP contribution in [-0.2, 0) is 6.61 Å². The fourth-order valence-corrected chi connectivity index (χ4v) is 3.04. The number of hydrogen-bond acceptors (Lipinski definition) is 3. The molecule has 1 heterocycles. The van der Waals surface area contributed by atoms with Crippen LogP contribution in [0.3, 0.4) is 0 Å². The maximum Gasteiger partial charge on any atom is 0.345 e. The molecule has 0 amide bonds. The number of rotatable bonds is 4. The van der Waals surface area contributed by atoms with Crippen molar-refractivity contribution >= 4 is 33.2 Å². The molecule has 2 aromatic rings. The molecule has 5 heteroatoms. The Morgan fingerprint density at radius 2 is 2.11 bits per heavy atom. The SMILES string of the molecule is Cc1cc(Br)ccc1OCc1cc(C(=O)O)sc1C. The van der Waals surface area contributed by atoms with E-state index in [1.165, 1.54) is 11.3 Å². The summed E-state index contributed by atoms with van der Waals surface area (Å²) in [5.41, 5.74) is 1.96.